The van der Waals surface area contributed by atoms with E-state index in [-0.39, 0.29) is 12.4 Å². The van der Waals surface area contributed by atoms with Crippen LogP contribution in [0.2, 0.25) is 10.0 Å². The summed E-state index contributed by atoms with van der Waals surface area (Å²) in [6.07, 6.45) is -3.98. The molecule has 1 aromatic heterocycles. The number of urea groups is 1. The molecule has 7 nitrogen and oxygen atoms in total. The molecule has 1 saturated heterocycles. The third kappa shape index (κ3) is 4.45. The van der Waals surface area contributed by atoms with Crippen molar-refractivity contribution < 1.29 is 22.8 Å². The number of aromatic nitrogens is 2. The van der Waals surface area contributed by atoms with Gasteiger partial charge in [0.25, 0.3) is 0 Å². The molecule has 12 heteroatoms. The van der Waals surface area contributed by atoms with Crippen molar-refractivity contribution in [3.8, 4) is 0 Å². The summed E-state index contributed by atoms with van der Waals surface area (Å²) in [6.45, 7) is 0.0350. The van der Waals surface area contributed by atoms with Gasteiger partial charge in [-0.2, -0.15) is 13.2 Å². The molecule has 0 radical (unpaired) electrons. The van der Waals surface area contributed by atoms with E-state index in [0.29, 0.717) is 10.6 Å². The molecule has 2 aromatic rings. The van der Waals surface area contributed by atoms with Crippen LogP contribution in [-0.4, -0.2) is 34.5 Å². The van der Waals surface area contributed by atoms with Crippen molar-refractivity contribution in [3.05, 3.63) is 57.6 Å². The Morgan fingerprint density at radius 2 is 1.93 bits per heavy atom. The zero-order valence-electron chi connectivity index (χ0n) is 13.8. The Hall–Kier alpha value is -2.59. The molecule has 1 aliphatic heterocycles. The van der Waals surface area contributed by atoms with Gasteiger partial charge < -0.3 is 16.0 Å². The molecule has 3 N–H and O–H groups in total. The summed E-state index contributed by atoms with van der Waals surface area (Å²) in [4.78, 5) is 31.1. The molecule has 1 fully saturated rings. The summed E-state index contributed by atoms with van der Waals surface area (Å²) in [5, 5.41) is 7.10. The van der Waals surface area contributed by atoms with Gasteiger partial charge in [-0.1, -0.05) is 35.3 Å². The molecule has 0 spiro atoms. The fourth-order valence-corrected chi connectivity index (χ4v) is 2.85. The number of amides is 3. The maximum absolute atomic E-state index is 13.2. The summed E-state index contributed by atoms with van der Waals surface area (Å²) >= 11 is 11.4. The van der Waals surface area contributed by atoms with Gasteiger partial charge in [0.05, 0.1) is 5.02 Å². The summed E-state index contributed by atoms with van der Waals surface area (Å²) in [5.41, 5.74) is -0.923. The number of alkyl halides is 3. The monoisotopic (exact) mass is 433 g/mol. The first-order valence-electron chi connectivity index (χ1n) is 7.85. The third-order valence-corrected chi connectivity index (χ3v) is 4.40. The van der Waals surface area contributed by atoms with Crippen LogP contribution in [0.3, 0.4) is 0 Å². The number of hydrogen-bond donors (Lipinski definition) is 3. The fourth-order valence-electron chi connectivity index (χ4n) is 2.53. The minimum Gasteiger partial charge on any atom is -0.340 e. The highest BCUT2D eigenvalue weighted by atomic mass is 35.5. The molecule has 2 atom stereocenters. The molecule has 0 aliphatic carbocycles. The topological polar surface area (TPSA) is 96.0 Å². The summed E-state index contributed by atoms with van der Waals surface area (Å²) < 4.78 is 39.5. The lowest BCUT2D eigenvalue weighted by Gasteiger charge is -2.21. The second-order valence-electron chi connectivity index (χ2n) is 5.82. The second-order valence-corrected chi connectivity index (χ2v) is 6.67. The van der Waals surface area contributed by atoms with Crippen LogP contribution in [0.15, 0.2) is 30.5 Å². The molecular weight excluding hydrogens is 422 g/mol. The van der Waals surface area contributed by atoms with E-state index in [4.69, 9.17) is 23.2 Å². The lowest BCUT2D eigenvalue weighted by molar-refractivity contribution is -0.141. The van der Waals surface area contributed by atoms with E-state index in [1.54, 1.807) is 0 Å². The SMILES string of the molecule is O=C1NC[C@@H](C(=O)NC(c2ccc(Cl)cc2)c2ncc(Cl)c(C(F)(F)F)n2)N1. The quantitative estimate of drug-likeness (QED) is 0.690. The van der Waals surface area contributed by atoms with E-state index in [9.17, 15) is 22.8 Å². The van der Waals surface area contributed by atoms with Gasteiger partial charge in [0, 0.05) is 17.8 Å². The van der Waals surface area contributed by atoms with Crippen molar-refractivity contribution in [3.63, 3.8) is 0 Å². The normalized spacial score (nSPS) is 17.6. The lowest BCUT2D eigenvalue weighted by atomic mass is 10.1. The largest absolute Gasteiger partial charge is 0.434 e. The number of rotatable bonds is 4. The van der Waals surface area contributed by atoms with Gasteiger partial charge in [-0.15, -0.1) is 0 Å². The number of halogens is 5. The molecule has 3 rings (SSSR count). The number of nitrogens with one attached hydrogen (secondary N) is 3. The standard InChI is InChI=1S/C16H12Cl2F3N5O2/c17-8-3-1-7(2-4-8)11(25-14(27)10-6-23-15(28)24-10)13-22-5-9(18)12(26-13)16(19,20)21/h1-5,10-11H,6H2,(H,25,27)(H2,23,24,28)/t10-,11?/m0/s1. The van der Waals surface area contributed by atoms with E-state index < -0.39 is 40.9 Å². The van der Waals surface area contributed by atoms with E-state index in [2.05, 4.69) is 25.9 Å². The Morgan fingerprint density at radius 3 is 2.50 bits per heavy atom. The van der Waals surface area contributed by atoms with Crippen LogP contribution in [0.25, 0.3) is 0 Å². The Kier molecular flexibility index (Phi) is 5.61. The molecule has 1 aliphatic rings. The number of nitrogens with zero attached hydrogens (tertiary/aromatic N) is 2. The van der Waals surface area contributed by atoms with Crippen molar-refractivity contribution in [1.82, 2.24) is 25.9 Å². The van der Waals surface area contributed by atoms with E-state index in [1.165, 1.54) is 24.3 Å². The molecule has 0 saturated carbocycles. The maximum atomic E-state index is 13.2. The Balaban J connectivity index is 1.98. The van der Waals surface area contributed by atoms with Gasteiger partial charge in [0.1, 0.15) is 12.1 Å². The fraction of sp³-hybridized carbons (Fsp3) is 0.250. The predicted molar refractivity (Wildman–Crippen MR) is 93.8 cm³/mol. The Morgan fingerprint density at radius 1 is 1.25 bits per heavy atom. The van der Waals surface area contributed by atoms with Crippen LogP contribution in [0.1, 0.15) is 23.1 Å². The van der Waals surface area contributed by atoms with E-state index in [0.717, 1.165) is 6.20 Å². The molecule has 28 heavy (non-hydrogen) atoms. The number of carbonyl (C=O) groups excluding carboxylic acids is 2. The van der Waals surface area contributed by atoms with Crippen molar-refractivity contribution in [2.75, 3.05) is 6.54 Å². The molecular formula is C16H12Cl2F3N5O2. The molecule has 0 bridgehead atoms. The second kappa shape index (κ2) is 7.80. The first-order valence-corrected chi connectivity index (χ1v) is 8.60. The van der Waals surface area contributed by atoms with Crippen LogP contribution in [-0.2, 0) is 11.0 Å². The van der Waals surface area contributed by atoms with Gasteiger partial charge >= 0.3 is 12.2 Å². The lowest BCUT2D eigenvalue weighted by Crippen LogP contribution is -2.44. The van der Waals surface area contributed by atoms with Crippen molar-refractivity contribution in [2.45, 2.75) is 18.3 Å². The van der Waals surface area contributed by atoms with Gasteiger partial charge in [-0.3, -0.25) is 4.79 Å². The molecule has 148 valence electrons. The highest BCUT2D eigenvalue weighted by Crippen LogP contribution is 2.34. The summed E-state index contributed by atoms with van der Waals surface area (Å²) in [5.74, 6) is -0.935. The average Bonchev–Trinajstić information content (AvgIpc) is 3.07. The minimum atomic E-state index is -4.80. The number of benzene rings is 1. The third-order valence-electron chi connectivity index (χ3n) is 3.87. The highest BCUT2D eigenvalue weighted by molar-refractivity contribution is 6.31. The maximum Gasteiger partial charge on any atom is 0.434 e. The van der Waals surface area contributed by atoms with Gasteiger partial charge in [-0.25, -0.2) is 14.8 Å². The van der Waals surface area contributed by atoms with Crippen molar-refractivity contribution in [1.29, 1.82) is 0 Å². The average molecular weight is 434 g/mol. The zero-order chi connectivity index (χ0) is 20.5. The number of hydrogen-bond acceptors (Lipinski definition) is 4. The van der Waals surface area contributed by atoms with Crippen molar-refractivity contribution >= 4 is 35.1 Å². The Labute approximate surface area is 166 Å². The minimum absolute atomic E-state index is 0.0350. The first-order chi connectivity index (χ1) is 13.1. The zero-order valence-corrected chi connectivity index (χ0v) is 15.4. The molecule has 1 unspecified atom stereocenters. The highest BCUT2D eigenvalue weighted by Gasteiger charge is 2.37. The smallest absolute Gasteiger partial charge is 0.340 e. The van der Waals surface area contributed by atoms with Crippen molar-refractivity contribution in [2.24, 2.45) is 0 Å². The molecule has 3 amide bonds. The van der Waals surface area contributed by atoms with E-state index >= 15 is 0 Å². The number of carbonyl (C=O) groups is 2. The van der Waals surface area contributed by atoms with Crippen LogP contribution in [0.5, 0.6) is 0 Å². The van der Waals surface area contributed by atoms with Gasteiger partial charge in [-0.05, 0) is 17.7 Å². The summed E-state index contributed by atoms with van der Waals surface area (Å²) in [7, 11) is 0. The first kappa shape index (κ1) is 20.2. The molecule has 2 heterocycles. The van der Waals surface area contributed by atoms with Crippen LogP contribution in [0, 0.1) is 0 Å². The van der Waals surface area contributed by atoms with Gasteiger partial charge in [0.15, 0.2) is 11.5 Å². The van der Waals surface area contributed by atoms with Crippen LogP contribution >= 0.6 is 23.2 Å². The summed E-state index contributed by atoms with van der Waals surface area (Å²) in [6, 6.07) is 3.52. The van der Waals surface area contributed by atoms with Crippen LogP contribution < -0.4 is 16.0 Å². The van der Waals surface area contributed by atoms with Crippen LogP contribution in [0.4, 0.5) is 18.0 Å². The predicted octanol–water partition coefficient (Wildman–Crippen LogP) is 2.69. The Bertz CT molecular complexity index is 908. The van der Waals surface area contributed by atoms with Gasteiger partial charge in [0.2, 0.25) is 5.91 Å². The van der Waals surface area contributed by atoms with E-state index in [1.807, 2.05) is 0 Å². The molecule has 1 aromatic carbocycles.